The van der Waals surface area contributed by atoms with Crippen molar-refractivity contribution in [3.05, 3.63) is 29.7 Å². The number of hydrogen-bond donors (Lipinski definition) is 1. The first kappa shape index (κ1) is 15.1. The van der Waals surface area contributed by atoms with E-state index in [9.17, 15) is 31.1 Å². The molecule has 0 aliphatic carbocycles. The Balaban J connectivity index is 2.57. The van der Waals surface area contributed by atoms with Gasteiger partial charge in [-0.3, -0.25) is 0 Å². The van der Waals surface area contributed by atoms with Gasteiger partial charge in [0, 0.05) is 0 Å². The topological polar surface area (TPSA) is 63.3 Å². The standard InChI is InChI=1S/C11H5F6NO3/c12-10(13,14)7(11(15,16)17)8-18-5-2-1-4(9(19)20)3-6(5)21-8/h1-3,7H,(H,19,20). The highest BCUT2D eigenvalue weighted by Crippen LogP contribution is 2.46. The summed E-state index contributed by atoms with van der Waals surface area (Å²) < 4.78 is 79.6. The minimum atomic E-state index is -5.63. The SMILES string of the molecule is O=C(O)c1ccc2nc(C(C(F)(F)F)C(F)(F)F)oc2c1. The predicted octanol–water partition coefficient (Wildman–Crippen LogP) is 3.73. The van der Waals surface area contributed by atoms with E-state index in [0.29, 0.717) is 0 Å². The smallest absolute Gasteiger partial charge is 0.409 e. The molecule has 0 bridgehead atoms. The first-order valence-electron chi connectivity index (χ1n) is 5.27. The molecule has 4 nitrogen and oxygen atoms in total. The quantitative estimate of drug-likeness (QED) is 0.858. The Morgan fingerprint density at radius 1 is 1.14 bits per heavy atom. The molecule has 10 heteroatoms. The van der Waals surface area contributed by atoms with Gasteiger partial charge in [-0.1, -0.05) is 0 Å². The van der Waals surface area contributed by atoms with Crippen molar-refractivity contribution in [2.75, 3.05) is 0 Å². The van der Waals surface area contributed by atoms with E-state index in [2.05, 4.69) is 9.40 Å². The van der Waals surface area contributed by atoms with E-state index in [1.165, 1.54) is 0 Å². The highest BCUT2D eigenvalue weighted by atomic mass is 19.4. The van der Waals surface area contributed by atoms with Crippen LogP contribution in [0.1, 0.15) is 22.2 Å². The van der Waals surface area contributed by atoms with Gasteiger partial charge in [0.1, 0.15) is 5.52 Å². The van der Waals surface area contributed by atoms with Crippen molar-refractivity contribution in [3.63, 3.8) is 0 Å². The maximum Gasteiger partial charge on any atom is 0.409 e. The molecule has 21 heavy (non-hydrogen) atoms. The van der Waals surface area contributed by atoms with Crippen LogP contribution in [-0.2, 0) is 0 Å². The van der Waals surface area contributed by atoms with E-state index < -0.39 is 35.7 Å². The number of oxazole rings is 1. The van der Waals surface area contributed by atoms with Gasteiger partial charge in [-0.2, -0.15) is 26.3 Å². The number of halogens is 6. The molecule has 1 aromatic heterocycles. The number of hydrogen-bond acceptors (Lipinski definition) is 3. The third-order valence-electron chi connectivity index (χ3n) is 2.55. The average Bonchev–Trinajstić information content (AvgIpc) is 2.65. The predicted molar refractivity (Wildman–Crippen MR) is 55.8 cm³/mol. The summed E-state index contributed by atoms with van der Waals surface area (Å²) in [5, 5.41) is 8.70. The Bertz CT molecular complexity index is 673. The Morgan fingerprint density at radius 3 is 2.19 bits per heavy atom. The van der Waals surface area contributed by atoms with Crippen LogP contribution in [0.15, 0.2) is 22.6 Å². The molecule has 114 valence electrons. The third kappa shape index (κ3) is 2.93. The summed E-state index contributed by atoms with van der Waals surface area (Å²) in [5.74, 6) is -6.85. The number of carboxylic acid groups (broad SMARTS) is 1. The van der Waals surface area contributed by atoms with Crippen LogP contribution in [0.5, 0.6) is 0 Å². The van der Waals surface area contributed by atoms with Gasteiger partial charge in [0.2, 0.25) is 11.8 Å². The first-order valence-corrected chi connectivity index (χ1v) is 5.27. The number of aromatic carboxylic acids is 1. The zero-order valence-electron chi connectivity index (χ0n) is 9.79. The molecule has 0 fully saturated rings. The molecule has 1 aromatic carbocycles. The van der Waals surface area contributed by atoms with Crippen molar-refractivity contribution in [2.45, 2.75) is 18.3 Å². The molecule has 2 rings (SSSR count). The monoisotopic (exact) mass is 313 g/mol. The van der Waals surface area contributed by atoms with Crippen LogP contribution in [0.2, 0.25) is 0 Å². The molecule has 0 atom stereocenters. The van der Waals surface area contributed by atoms with Gasteiger partial charge >= 0.3 is 18.3 Å². The molecule has 0 saturated heterocycles. The lowest BCUT2D eigenvalue weighted by Gasteiger charge is -2.19. The second kappa shape index (κ2) is 4.64. The Morgan fingerprint density at radius 2 is 1.71 bits per heavy atom. The second-order valence-electron chi connectivity index (χ2n) is 4.06. The Labute approximate surface area is 112 Å². The molecule has 0 unspecified atom stereocenters. The molecule has 1 heterocycles. The van der Waals surface area contributed by atoms with E-state index in [-0.39, 0.29) is 11.1 Å². The van der Waals surface area contributed by atoms with Gasteiger partial charge in [-0.15, -0.1) is 0 Å². The molecule has 0 amide bonds. The van der Waals surface area contributed by atoms with Crippen molar-refractivity contribution >= 4 is 17.1 Å². The molecule has 0 saturated carbocycles. The molecular weight excluding hydrogens is 308 g/mol. The van der Waals surface area contributed by atoms with Crippen molar-refractivity contribution in [2.24, 2.45) is 0 Å². The van der Waals surface area contributed by atoms with Crippen LogP contribution in [-0.4, -0.2) is 28.4 Å². The van der Waals surface area contributed by atoms with E-state index in [1.54, 1.807) is 0 Å². The number of alkyl halides is 6. The number of carbonyl (C=O) groups is 1. The summed E-state index contributed by atoms with van der Waals surface area (Å²) in [6, 6.07) is 2.76. The first-order chi connectivity index (χ1) is 9.50. The van der Waals surface area contributed by atoms with Crippen LogP contribution < -0.4 is 0 Å². The van der Waals surface area contributed by atoms with Crippen molar-refractivity contribution in [3.8, 4) is 0 Å². The van der Waals surface area contributed by atoms with Gasteiger partial charge < -0.3 is 9.52 Å². The van der Waals surface area contributed by atoms with E-state index in [1.807, 2.05) is 0 Å². The zero-order chi connectivity index (χ0) is 16.0. The van der Waals surface area contributed by atoms with E-state index >= 15 is 0 Å². The highest BCUT2D eigenvalue weighted by molar-refractivity contribution is 5.91. The molecule has 2 aromatic rings. The Kier molecular flexibility index (Phi) is 3.34. The number of fused-ring (bicyclic) bond motifs is 1. The largest absolute Gasteiger partial charge is 0.478 e. The maximum absolute atomic E-state index is 12.5. The summed E-state index contributed by atoms with van der Waals surface area (Å²) in [6.45, 7) is 0. The van der Waals surface area contributed by atoms with Crippen molar-refractivity contribution < 1.29 is 40.7 Å². The lowest BCUT2D eigenvalue weighted by atomic mass is 10.1. The number of nitrogens with zero attached hydrogens (tertiary/aromatic N) is 1. The highest BCUT2D eigenvalue weighted by Gasteiger charge is 2.60. The lowest BCUT2D eigenvalue weighted by Crippen LogP contribution is -2.34. The van der Waals surface area contributed by atoms with Crippen molar-refractivity contribution in [1.29, 1.82) is 0 Å². The van der Waals surface area contributed by atoms with Crippen molar-refractivity contribution in [1.82, 2.24) is 4.98 Å². The zero-order valence-corrected chi connectivity index (χ0v) is 9.79. The van der Waals surface area contributed by atoms with Gasteiger partial charge in [0.25, 0.3) is 0 Å². The van der Waals surface area contributed by atoms with Gasteiger partial charge in [0.05, 0.1) is 5.56 Å². The third-order valence-corrected chi connectivity index (χ3v) is 2.55. The van der Waals surface area contributed by atoms with Crippen LogP contribution in [0.4, 0.5) is 26.3 Å². The van der Waals surface area contributed by atoms with E-state index in [4.69, 9.17) is 5.11 Å². The fourth-order valence-corrected chi connectivity index (χ4v) is 1.66. The Hall–Kier alpha value is -2.26. The van der Waals surface area contributed by atoms with Gasteiger partial charge in [0.15, 0.2) is 5.58 Å². The summed E-state index contributed by atoms with van der Waals surface area (Å²) in [7, 11) is 0. The minimum absolute atomic E-state index is 0.298. The fourth-order valence-electron chi connectivity index (χ4n) is 1.66. The number of rotatable bonds is 2. The number of benzene rings is 1. The van der Waals surface area contributed by atoms with E-state index in [0.717, 1.165) is 18.2 Å². The fraction of sp³-hybridized carbons (Fsp3) is 0.273. The second-order valence-corrected chi connectivity index (χ2v) is 4.06. The normalized spacial score (nSPS) is 13.1. The minimum Gasteiger partial charge on any atom is -0.478 e. The molecule has 0 radical (unpaired) electrons. The molecule has 0 spiro atoms. The van der Waals surface area contributed by atoms with Crippen LogP contribution in [0, 0.1) is 0 Å². The molecule has 1 N–H and O–H groups in total. The van der Waals surface area contributed by atoms with Gasteiger partial charge in [-0.25, -0.2) is 9.78 Å². The maximum atomic E-state index is 12.5. The molecule has 0 aliphatic rings. The molecular formula is C11H5F6NO3. The van der Waals surface area contributed by atoms with Gasteiger partial charge in [-0.05, 0) is 18.2 Å². The number of aromatic nitrogens is 1. The summed E-state index contributed by atoms with van der Waals surface area (Å²) in [6.07, 6.45) is -11.3. The van der Waals surface area contributed by atoms with Crippen LogP contribution >= 0.6 is 0 Å². The summed E-state index contributed by atoms with van der Waals surface area (Å²) in [5.41, 5.74) is -1.11. The average molecular weight is 313 g/mol. The molecule has 0 aliphatic heterocycles. The lowest BCUT2D eigenvalue weighted by molar-refractivity contribution is -0.258. The number of carboxylic acids is 1. The summed E-state index contributed by atoms with van der Waals surface area (Å²) in [4.78, 5) is 13.8. The van der Waals surface area contributed by atoms with Crippen LogP contribution in [0.25, 0.3) is 11.1 Å². The van der Waals surface area contributed by atoms with Crippen LogP contribution in [0.3, 0.4) is 0 Å². The summed E-state index contributed by atoms with van der Waals surface area (Å²) >= 11 is 0.